The third kappa shape index (κ3) is 5.44. The molecule has 0 atom stereocenters. The van der Waals surface area contributed by atoms with E-state index in [4.69, 9.17) is 0 Å². The van der Waals surface area contributed by atoms with Gasteiger partial charge >= 0.3 is 0 Å². The molecular formula is C23H23N7OS. The molecule has 9 heteroatoms. The highest BCUT2D eigenvalue weighted by molar-refractivity contribution is 7.98. The molecule has 0 spiro atoms. The van der Waals surface area contributed by atoms with E-state index < -0.39 is 0 Å². The van der Waals surface area contributed by atoms with E-state index in [2.05, 4.69) is 36.1 Å². The fourth-order valence-electron chi connectivity index (χ4n) is 3.00. The highest BCUT2D eigenvalue weighted by Gasteiger charge is 2.09. The second-order valence-electron chi connectivity index (χ2n) is 7.02. The van der Waals surface area contributed by atoms with Gasteiger partial charge in [-0.05, 0) is 42.8 Å². The Balaban J connectivity index is 1.35. The second-order valence-corrected chi connectivity index (χ2v) is 7.96. The first-order valence-electron chi connectivity index (χ1n) is 10.0. The van der Waals surface area contributed by atoms with Gasteiger partial charge in [-0.3, -0.25) is 9.89 Å². The number of anilines is 4. The van der Waals surface area contributed by atoms with E-state index in [-0.39, 0.29) is 5.91 Å². The van der Waals surface area contributed by atoms with Crippen molar-refractivity contribution in [2.24, 2.45) is 0 Å². The molecule has 8 nitrogen and oxygen atoms in total. The highest BCUT2D eigenvalue weighted by Crippen LogP contribution is 2.23. The second kappa shape index (κ2) is 9.97. The van der Waals surface area contributed by atoms with Crippen molar-refractivity contribution in [2.75, 3.05) is 23.0 Å². The molecule has 0 bridgehead atoms. The van der Waals surface area contributed by atoms with E-state index in [1.165, 1.54) is 11.8 Å². The molecule has 0 aliphatic heterocycles. The van der Waals surface area contributed by atoms with Gasteiger partial charge in [-0.25, -0.2) is 9.97 Å². The average molecular weight is 446 g/mol. The number of carbonyl (C=O) groups excluding carboxylic acids is 1. The van der Waals surface area contributed by atoms with Crippen LogP contribution in [0.4, 0.5) is 23.0 Å². The van der Waals surface area contributed by atoms with Gasteiger partial charge in [-0.1, -0.05) is 36.0 Å². The SMILES string of the molecule is CNc1ccccc1NC(=O)c1ccc(CSc2nccc(Nc3cc(C)[nH]n3)n2)cc1. The van der Waals surface area contributed by atoms with E-state index in [1.807, 2.05) is 68.6 Å². The Kier molecular flexibility index (Phi) is 6.66. The zero-order chi connectivity index (χ0) is 22.3. The lowest BCUT2D eigenvalue weighted by Crippen LogP contribution is -2.13. The summed E-state index contributed by atoms with van der Waals surface area (Å²) in [7, 11) is 1.82. The zero-order valence-electron chi connectivity index (χ0n) is 17.7. The van der Waals surface area contributed by atoms with Gasteiger partial charge in [0.05, 0.1) is 11.4 Å². The third-order valence-electron chi connectivity index (χ3n) is 4.62. The van der Waals surface area contributed by atoms with Crippen LogP contribution < -0.4 is 16.0 Å². The molecule has 0 unspecified atom stereocenters. The molecule has 2 aromatic carbocycles. The number of benzene rings is 2. The van der Waals surface area contributed by atoms with Crippen molar-refractivity contribution in [3.63, 3.8) is 0 Å². The minimum Gasteiger partial charge on any atom is -0.386 e. The van der Waals surface area contributed by atoms with Gasteiger partial charge in [-0.15, -0.1) is 0 Å². The van der Waals surface area contributed by atoms with Gasteiger partial charge in [-0.2, -0.15) is 5.10 Å². The molecule has 0 saturated carbocycles. The van der Waals surface area contributed by atoms with Crippen LogP contribution in [0.2, 0.25) is 0 Å². The topological polar surface area (TPSA) is 108 Å². The van der Waals surface area contributed by atoms with Gasteiger partial charge in [0.15, 0.2) is 11.0 Å². The van der Waals surface area contributed by atoms with E-state index in [9.17, 15) is 4.79 Å². The first kappa shape index (κ1) is 21.4. The van der Waals surface area contributed by atoms with Crippen LogP contribution in [0, 0.1) is 6.92 Å². The molecule has 0 saturated heterocycles. The van der Waals surface area contributed by atoms with E-state index >= 15 is 0 Å². The number of para-hydroxylation sites is 2. The van der Waals surface area contributed by atoms with Gasteiger partial charge in [0.1, 0.15) is 5.82 Å². The largest absolute Gasteiger partial charge is 0.386 e. The molecule has 0 radical (unpaired) electrons. The minimum absolute atomic E-state index is 0.150. The standard InChI is InChI=1S/C23H23N7OS/c1-15-13-21(30-29-15)27-20-11-12-25-23(28-20)32-14-16-7-9-17(10-8-16)22(31)26-19-6-4-3-5-18(19)24-2/h3-13,24H,14H2,1-2H3,(H,26,31)(H2,25,27,28,29,30). The first-order chi connectivity index (χ1) is 15.6. The fraction of sp³-hybridized carbons (Fsp3) is 0.130. The first-order valence-corrected chi connectivity index (χ1v) is 11.0. The Hall–Kier alpha value is -3.85. The Labute approximate surface area is 190 Å². The summed E-state index contributed by atoms with van der Waals surface area (Å²) in [4.78, 5) is 21.4. The van der Waals surface area contributed by atoms with Gasteiger partial charge in [0, 0.05) is 36.3 Å². The minimum atomic E-state index is -0.150. The van der Waals surface area contributed by atoms with Crippen LogP contribution in [0.1, 0.15) is 21.6 Å². The normalized spacial score (nSPS) is 10.6. The van der Waals surface area contributed by atoms with Crippen molar-refractivity contribution in [3.05, 3.63) is 83.7 Å². The third-order valence-corrected chi connectivity index (χ3v) is 5.56. The molecule has 32 heavy (non-hydrogen) atoms. The summed E-state index contributed by atoms with van der Waals surface area (Å²) in [5, 5.41) is 16.9. The number of H-pyrrole nitrogens is 1. The number of rotatable bonds is 8. The Morgan fingerprint density at radius 3 is 2.53 bits per heavy atom. The predicted octanol–water partition coefficient (Wildman–Crippen LogP) is 4.84. The van der Waals surface area contributed by atoms with Crippen LogP contribution >= 0.6 is 11.8 Å². The molecule has 1 amide bonds. The number of hydrogen-bond donors (Lipinski definition) is 4. The van der Waals surface area contributed by atoms with Crippen LogP contribution in [0.25, 0.3) is 0 Å². The van der Waals surface area contributed by atoms with Crippen molar-refractivity contribution in [1.82, 2.24) is 20.2 Å². The van der Waals surface area contributed by atoms with Crippen molar-refractivity contribution in [1.29, 1.82) is 0 Å². The smallest absolute Gasteiger partial charge is 0.255 e. The molecule has 162 valence electrons. The molecule has 2 aromatic heterocycles. The molecule has 0 fully saturated rings. The van der Waals surface area contributed by atoms with E-state index in [1.54, 1.807) is 12.3 Å². The molecule has 4 N–H and O–H groups in total. The van der Waals surface area contributed by atoms with Crippen LogP contribution in [-0.4, -0.2) is 33.1 Å². The summed E-state index contributed by atoms with van der Waals surface area (Å²) in [6, 6.07) is 18.8. The quantitative estimate of drug-likeness (QED) is 0.227. The number of aryl methyl sites for hydroxylation is 1. The Morgan fingerprint density at radius 1 is 1.03 bits per heavy atom. The predicted molar refractivity (Wildman–Crippen MR) is 129 cm³/mol. The summed E-state index contributed by atoms with van der Waals surface area (Å²) >= 11 is 1.53. The fourth-order valence-corrected chi connectivity index (χ4v) is 3.78. The van der Waals surface area contributed by atoms with Crippen molar-refractivity contribution in [2.45, 2.75) is 17.8 Å². The van der Waals surface area contributed by atoms with E-state index in [0.717, 1.165) is 22.6 Å². The number of nitrogens with zero attached hydrogens (tertiary/aromatic N) is 3. The molecule has 0 aliphatic carbocycles. The monoisotopic (exact) mass is 445 g/mol. The molecule has 0 aliphatic rings. The maximum atomic E-state index is 12.6. The number of hydrogen-bond acceptors (Lipinski definition) is 7. The Morgan fingerprint density at radius 2 is 1.81 bits per heavy atom. The number of nitrogens with one attached hydrogen (secondary N) is 4. The lowest BCUT2D eigenvalue weighted by Gasteiger charge is -2.10. The number of carbonyl (C=O) groups is 1. The number of aromatic nitrogens is 4. The van der Waals surface area contributed by atoms with Gasteiger partial charge in [0.2, 0.25) is 0 Å². The van der Waals surface area contributed by atoms with Crippen molar-refractivity contribution < 1.29 is 4.79 Å². The van der Waals surface area contributed by atoms with Crippen LogP contribution in [0.15, 0.2) is 72.0 Å². The summed E-state index contributed by atoms with van der Waals surface area (Å²) in [5.41, 5.74) is 4.26. The maximum Gasteiger partial charge on any atom is 0.255 e. The van der Waals surface area contributed by atoms with Crippen molar-refractivity contribution >= 4 is 40.7 Å². The van der Waals surface area contributed by atoms with Crippen LogP contribution in [0.3, 0.4) is 0 Å². The van der Waals surface area contributed by atoms with Gasteiger partial charge in [0.25, 0.3) is 5.91 Å². The highest BCUT2D eigenvalue weighted by atomic mass is 32.2. The van der Waals surface area contributed by atoms with Gasteiger partial charge < -0.3 is 16.0 Å². The van der Waals surface area contributed by atoms with E-state index in [0.29, 0.717) is 28.1 Å². The maximum absolute atomic E-state index is 12.6. The number of thioether (sulfide) groups is 1. The summed E-state index contributed by atoms with van der Waals surface area (Å²) in [6.45, 7) is 1.94. The summed E-state index contributed by atoms with van der Waals surface area (Å²) < 4.78 is 0. The molecular weight excluding hydrogens is 422 g/mol. The van der Waals surface area contributed by atoms with Crippen molar-refractivity contribution in [3.8, 4) is 0 Å². The zero-order valence-corrected chi connectivity index (χ0v) is 18.5. The Bertz CT molecular complexity index is 1210. The van der Waals surface area contributed by atoms with Crippen LogP contribution in [-0.2, 0) is 5.75 Å². The van der Waals surface area contributed by atoms with Crippen LogP contribution in [0.5, 0.6) is 0 Å². The average Bonchev–Trinajstić information content (AvgIpc) is 3.23. The summed E-state index contributed by atoms with van der Waals surface area (Å²) in [5.74, 6) is 1.93. The number of amides is 1. The lowest BCUT2D eigenvalue weighted by atomic mass is 10.1. The molecule has 4 rings (SSSR count). The lowest BCUT2D eigenvalue weighted by molar-refractivity contribution is 0.102. The molecule has 4 aromatic rings. The molecule has 2 heterocycles. The number of aromatic amines is 1. The summed E-state index contributed by atoms with van der Waals surface area (Å²) in [6.07, 6.45) is 1.72.